The van der Waals surface area contributed by atoms with Crippen molar-refractivity contribution in [3.8, 4) is 55.9 Å². The van der Waals surface area contributed by atoms with Crippen molar-refractivity contribution in [1.82, 2.24) is 9.97 Å². The van der Waals surface area contributed by atoms with Crippen LogP contribution in [0.15, 0.2) is 174 Å². The number of rotatable bonds is 4. The predicted octanol–water partition coefficient (Wildman–Crippen LogP) is 15.1. The summed E-state index contributed by atoms with van der Waals surface area (Å²) in [4.78, 5) is 10.8. The Hall–Kier alpha value is -6.84. The molecule has 15 rings (SSSR count). The van der Waals surface area contributed by atoms with Gasteiger partial charge in [0.25, 0.3) is 0 Å². The van der Waals surface area contributed by atoms with E-state index in [0.29, 0.717) is 11.8 Å². The van der Waals surface area contributed by atoms with Crippen LogP contribution in [0.2, 0.25) is 0 Å². The van der Waals surface area contributed by atoms with E-state index in [1.807, 2.05) is 0 Å². The Labute approximate surface area is 354 Å². The molecule has 4 saturated carbocycles. The zero-order valence-corrected chi connectivity index (χ0v) is 33.8. The molecule has 0 saturated heterocycles. The topological polar surface area (TPSA) is 38.9 Å². The van der Waals surface area contributed by atoms with Gasteiger partial charge >= 0.3 is 0 Å². The van der Waals surface area contributed by atoms with Crippen LogP contribution >= 0.6 is 0 Å². The first-order valence-corrected chi connectivity index (χ1v) is 22.2. The van der Waals surface area contributed by atoms with E-state index < -0.39 is 0 Å². The molecular weight excluding hydrogens is 741 g/mol. The fraction of sp³-hybridized carbons (Fsp3) is 0.172. The Bertz CT molecular complexity index is 3400. The van der Waals surface area contributed by atoms with Gasteiger partial charge in [0.05, 0.1) is 22.4 Å². The minimum atomic E-state index is 0.0644. The third-order valence-corrected chi connectivity index (χ3v) is 15.5. The summed E-state index contributed by atoms with van der Waals surface area (Å²) < 4.78 is 6.40. The summed E-state index contributed by atoms with van der Waals surface area (Å²) >= 11 is 0. The standard InChI is InChI=1S/C58H42N2O/c1-2-11-38(12-3-1)55-56(60-57-45-13-5-4-10-36(45)25-27-50(57)59-55)39-22-20-37(21-23-39)43-15-8-17-49-53(43)47-33-40(44-16-9-19-52-54(44)46-14-6-7-18-51(46)61-52)24-26-48(47)58(49)41-29-34-28-35(31-41)32-42(58)30-34/h1-27,33-35,41-42H,28-32H2. The first kappa shape index (κ1) is 33.9. The average molecular weight is 783 g/mol. The highest BCUT2D eigenvalue weighted by atomic mass is 16.3. The Kier molecular flexibility index (Phi) is 7.01. The maximum atomic E-state index is 6.40. The lowest BCUT2D eigenvalue weighted by Crippen LogP contribution is -2.55. The number of hydrogen-bond donors (Lipinski definition) is 0. The van der Waals surface area contributed by atoms with Gasteiger partial charge in [0.15, 0.2) is 0 Å². The van der Waals surface area contributed by atoms with Crippen LogP contribution < -0.4 is 0 Å². The Morgan fingerprint density at radius 2 is 1.10 bits per heavy atom. The van der Waals surface area contributed by atoms with Crippen LogP contribution in [0.25, 0.3) is 99.6 Å². The SMILES string of the molecule is c1ccc(-c2nc3ccc4ccccc4c3nc2-c2ccc(-c3cccc4c3-c3cc(-c5cccc6oc7ccccc7c56)ccc3C43C4CC5CC(C4)CC3C5)cc2)cc1. The van der Waals surface area contributed by atoms with Gasteiger partial charge in [-0.15, -0.1) is 0 Å². The first-order chi connectivity index (χ1) is 30.2. The number of fused-ring (bicyclic) bond motifs is 9. The predicted molar refractivity (Wildman–Crippen MR) is 249 cm³/mol. The molecule has 4 fully saturated rings. The van der Waals surface area contributed by atoms with Crippen molar-refractivity contribution < 1.29 is 4.42 Å². The summed E-state index contributed by atoms with van der Waals surface area (Å²) in [5.74, 6) is 3.15. The molecule has 0 unspecified atom stereocenters. The van der Waals surface area contributed by atoms with Crippen LogP contribution in [-0.2, 0) is 5.41 Å². The van der Waals surface area contributed by atoms with Gasteiger partial charge < -0.3 is 4.42 Å². The molecule has 0 aliphatic heterocycles. The van der Waals surface area contributed by atoms with Gasteiger partial charge in [-0.25, -0.2) is 9.97 Å². The Morgan fingerprint density at radius 3 is 1.93 bits per heavy atom. The van der Waals surface area contributed by atoms with E-state index in [9.17, 15) is 0 Å². The summed E-state index contributed by atoms with van der Waals surface area (Å²) in [5, 5.41) is 4.67. The van der Waals surface area contributed by atoms with Crippen molar-refractivity contribution in [2.24, 2.45) is 23.7 Å². The van der Waals surface area contributed by atoms with E-state index >= 15 is 0 Å². The van der Waals surface area contributed by atoms with Crippen molar-refractivity contribution in [3.05, 3.63) is 181 Å². The van der Waals surface area contributed by atoms with Gasteiger partial charge in [0, 0.05) is 32.7 Å². The lowest BCUT2D eigenvalue weighted by Gasteiger charge is -2.61. The summed E-state index contributed by atoms with van der Waals surface area (Å²) in [5.41, 5.74) is 18.8. The molecule has 0 radical (unpaired) electrons. The number of nitrogens with zero attached hydrogens (tertiary/aromatic N) is 2. The molecule has 0 amide bonds. The highest BCUT2D eigenvalue weighted by Crippen LogP contribution is 2.70. The van der Waals surface area contributed by atoms with Crippen LogP contribution in [-0.4, -0.2) is 9.97 Å². The molecule has 4 bridgehead atoms. The highest BCUT2D eigenvalue weighted by Gasteiger charge is 2.61. The number of aromatic nitrogens is 2. The Balaban J connectivity index is 0.961. The van der Waals surface area contributed by atoms with Gasteiger partial charge in [-0.05, 0) is 130 Å². The molecule has 1 spiro atoms. The van der Waals surface area contributed by atoms with E-state index in [4.69, 9.17) is 14.4 Å². The van der Waals surface area contributed by atoms with Crippen molar-refractivity contribution in [3.63, 3.8) is 0 Å². The quantitative estimate of drug-likeness (QED) is 0.167. The summed E-state index contributed by atoms with van der Waals surface area (Å²) in [6.07, 6.45) is 6.88. The van der Waals surface area contributed by atoms with Crippen molar-refractivity contribution >= 4 is 43.7 Å². The van der Waals surface area contributed by atoms with E-state index in [-0.39, 0.29) is 5.41 Å². The van der Waals surface area contributed by atoms with Crippen molar-refractivity contribution in [2.75, 3.05) is 0 Å². The zero-order chi connectivity index (χ0) is 39.8. The molecule has 3 heteroatoms. The van der Waals surface area contributed by atoms with Crippen LogP contribution in [0.3, 0.4) is 0 Å². The Morgan fingerprint density at radius 1 is 0.443 bits per heavy atom. The van der Waals surface area contributed by atoms with E-state index in [1.54, 1.807) is 11.1 Å². The zero-order valence-electron chi connectivity index (χ0n) is 33.8. The summed E-state index contributed by atoms with van der Waals surface area (Å²) in [7, 11) is 0. The van der Waals surface area contributed by atoms with E-state index in [0.717, 1.165) is 61.9 Å². The second-order valence-corrected chi connectivity index (χ2v) is 18.5. The van der Waals surface area contributed by atoms with E-state index in [2.05, 4.69) is 170 Å². The lowest BCUT2D eigenvalue weighted by molar-refractivity contribution is -0.0399. The largest absolute Gasteiger partial charge is 0.456 e. The average Bonchev–Trinajstić information content (AvgIpc) is 3.84. The third kappa shape index (κ3) is 4.75. The van der Waals surface area contributed by atoms with Crippen LogP contribution in [0.5, 0.6) is 0 Å². The minimum Gasteiger partial charge on any atom is -0.456 e. The molecule has 2 aromatic heterocycles. The second-order valence-electron chi connectivity index (χ2n) is 18.5. The van der Waals surface area contributed by atoms with Gasteiger partial charge in [0.1, 0.15) is 11.2 Å². The molecule has 8 aromatic carbocycles. The van der Waals surface area contributed by atoms with Crippen molar-refractivity contribution in [1.29, 1.82) is 0 Å². The van der Waals surface area contributed by atoms with Gasteiger partial charge in [-0.1, -0.05) is 146 Å². The monoisotopic (exact) mass is 782 g/mol. The van der Waals surface area contributed by atoms with E-state index in [1.165, 1.54) is 81.6 Å². The maximum Gasteiger partial charge on any atom is 0.136 e. The molecule has 10 aromatic rings. The molecule has 61 heavy (non-hydrogen) atoms. The minimum absolute atomic E-state index is 0.0644. The third-order valence-electron chi connectivity index (χ3n) is 15.5. The molecule has 290 valence electrons. The van der Waals surface area contributed by atoms with Gasteiger partial charge in [-0.3, -0.25) is 0 Å². The number of furan rings is 1. The molecular formula is C58H42N2O. The lowest BCUT2D eigenvalue weighted by atomic mass is 9.43. The molecule has 3 nitrogen and oxygen atoms in total. The first-order valence-electron chi connectivity index (χ1n) is 22.2. The van der Waals surface area contributed by atoms with Gasteiger partial charge in [0.2, 0.25) is 0 Å². The highest BCUT2D eigenvalue weighted by molar-refractivity contribution is 6.13. The summed E-state index contributed by atoms with van der Waals surface area (Å²) in [6.45, 7) is 0. The van der Waals surface area contributed by atoms with Gasteiger partial charge in [-0.2, -0.15) is 0 Å². The fourth-order valence-corrected chi connectivity index (χ4v) is 13.3. The maximum absolute atomic E-state index is 6.40. The molecule has 5 aliphatic carbocycles. The molecule has 5 aliphatic rings. The smallest absolute Gasteiger partial charge is 0.136 e. The molecule has 2 heterocycles. The second kappa shape index (κ2) is 12.6. The number of para-hydroxylation sites is 1. The normalized spacial score (nSPS) is 22.2. The summed E-state index contributed by atoms with van der Waals surface area (Å²) in [6, 6.07) is 62.3. The molecule has 0 N–H and O–H groups in total. The van der Waals surface area contributed by atoms with Crippen LogP contribution in [0.1, 0.15) is 43.2 Å². The fourth-order valence-electron chi connectivity index (χ4n) is 13.3. The number of benzene rings is 8. The number of hydrogen-bond acceptors (Lipinski definition) is 3. The van der Waals surface area contributed by atoms with Crippen LogP contribution in [0, 0.1) is 23.7 Å². The molecule has 0 atom stereocenters. The van der Waals surface area contributed by atoms with Crippen LogP contribution in [0.4, 0.5) is 0 Å². The van der Waals surface area contributed by atoms with Crippen molar-refractivity contribution in [2.45, 2.75) is 37.5 Å².